The van der Waals surface area contributed by atoms with Gasteiger partial charge in [-0.2, -0.15) is 0 Å². The zero-order chi connectivity index (χ0) is 18.6. The molecule has 2 aromatic rings. The number of halogens is 1. The summed E-state index contributed by atoms with van der Waals surface area (Å²) in [5, 5.41) is 3.15. The van der Waals surface area contributed by atoms with Crippen LogP contribution in [0.3, 0.4) is 0 Å². The van der Waals surface area contributed by atoms with E-state index in [1.165, 1.54) is 0 Å². The first-order chi connectivity index (χ1) is 13.2. The highest BCUT2D eigenvalue weighted by atomic mass is 35.5. The van der Waals surface area contributed by atoms with Crippen molar-refractivity contribution in [2.75, 3.05) is 31.6 Å². The van der Waals surface area contributed by atoms with Crippen molar-refractivity contribution in [2.24, 2.45) is 0 Å². The van der Waals surface area contributed by atoms with Crippen molar-refractivity contribution >= 4 is 23.2 Å². The number of aromatic nitrogens is 1. The van der Waals surface area contributed by atoms with Crippen LogP contribution >= 0.6 is 11.6 Å². The number of pyridine rings is 1. The fourth-order valence-electron chi connectivity index (χ4n) is 3.63. The maximum Gasteiger partial charge on any atom is 0.238 e. The van der Waals surface area contributed by atoms with E-state index in [2.05, 4.69) is 27.3 Å². The van der Waals surface area contributed by atoms with Crippen molar-refractivity contribution in [3.63, 3.8) is 0 Å². The maximum absolute atomic E-state index is 12.5. The number of hydrogen-bond acceptors (Lipinski definition) is 5. The predicted molar refractivity (Wildman–Crippen MR) is 103 cm³/mol. The lowest BCUT2D eigenvalue weighted by atomic mass is 10.0. The lowest BCUT2D eigenvalue weighted by molar-refractivity contribution is -0.117. The number of carbonyl (C=O) groups excluding carboxylic acids is 1. The molecule has 6 nitrogen and oxygen atoms in total. The molecule has 4 rings (SSSR count). The SMILES string of the molecule is O=C(CN1CCC[C@H]1c1ccc2c(c1)OCCCO2)Nc1cccnc1Cl. The number of rotatable bonds is 4. The van der Waals surface area contributed by atoms with Gasteiger partial charge >= 0.3 is 0 Å². The number of anilines is 1. The molecule has 2 aliphatic rings. The molecule has 27 heavy (non-hydrogen) atoms. The van der Waals surface area contributed by atoms with Crippen LogP contribution in [0.4, 0.5) is 5.69 Å². The second-order valence-electron chi connectivity index (χ2n) is 6.78. The average molecular weight is 388 g/mol. The molecule has 1 amide bonds. The van der Waals surface area contributed by atoms with E-state index >= 15 is 0 Å². The van der Waals surface area contributed by atoms with E-state index in [0.717, 1.165) is 42.9 Å². The third kappa shape index (κ3) is 4.17. The van der Waals surface area contributed by atoms with E-state index in [-0.39, 0.29) is 11.9 Å². The largest absolute Gasteiger partial charge is 0.490 e. The minimum atomic E-state index is -0.0915. The van der Waals surface area contributed by atoms with Crippen molar-refractivity contribution in [1.82, 2.24) is 9.88 Å². The molecule has 1 saturated heterocycles. The third-order valence-electron chi connectivity index (χ3n) is 4.90. The van der Waals surface area contributed by atoms with Gasteiger partial charge in [0.2, 0.25) is 5.91 Å². The van der Waals surface area contributed by atoms with Gasteiger partial charge in [-0.3, -0.25) is 9.69 Å². The molecule has 2 aliphatic heterocycles. The van der Waals surface area contributed by atoms with E-state index in [4.69, 9.17) is 21.1 Å². The Morgan fingerprint density at radius 1 is 1.22 bits per heavy atom. The number of nitrogens with zero attached hydrogens (tertiary/aromatic N) is 2. The smallest absolute Gasteiger partial charge is 0.238 e. The Hall–Kier alpha value is -2.31. The summed E-state index contributed by atoms with van der Waals surface area (Å²) in [5.74, 6) is 1.50. The summed E-state index contributed by atoms with van der Waals surface area (Å²) in [4.78, 5) is 18.7. The predicted octanol–water partition coefficient (Wildman–Crippen LogP) is 3.67. The Morgan fingerprint density at radius 2 is 2.07 bits per heavy atom. The number of fused-ring (bicyclic) bond motifs is 1. The van der Waals surface area contributed by atoms with Crippen molar-refractivity contribution in [3.05, 3.63) is 47.2 Å². The molecule has 142 valence electrons. The van der Waals surface area contributed by atoms with Crippen LogP contribution in [0.5, 0.6) is 11.5 Å². The molecule has 7 heteroatoms. The highest BCUT2D eigenvalue weighted by Gasteiger charge is 2.28. The first-order valence-corrected chi connectivity index (χ1v) is 9.62. The van der Waals surface area contributed by atoms with Crippen LogP contribution in [0.15, 0.2) is 36.5 Å². The number of ether oxygens (including phenoxy) is 2. The monoisotopic (exact) mass is 387 g/mol. The number of hydrogen-bond donors (Lipinski definition) is 1. The van der Waals surface area contributed by atoms with Gasteiger partial charge in [0, 0.05) is 18.7 Å². The van der Waals surface area contributed by atoms with Gasteiger partial charge in [0.25, 0.3) is 0 Å². The molecular formula is C20H22ClN3O3. The van der Waals surface area contributed by atoms with Crippen LogP contribution in [0.2, 0.25) is 5.15 Å². The number of carbonyl (C=O) groups is 1. The second kappa shape index (κ2) is 8.15. The topological polar surface area (TPSA) is 63.7 Å². The average Bonchev–Trinajstić information content (AvgIpc) is 2.99. The van der Waals surface area contributed by atoms with Crippen LogP contribution < -0.4 is 14.8 Å². The van der Waals surface area contributed by atoms with Gasteiger partial charge in [-0.05, 0) is 49.2 Å². The lowest BCUT2D eigenvalue weighted by Crippen LogP contribution is -2.33. The third-order valence-corrected chi connectivity index (χ3v) is 5.20. The van der Waals surface area contributed by atoms with Gasteiger partial charge in [0.15, 0.2) is 16.7 Å². The Morgan fingerprint density at radius 3 is 2.93 bits per heavy atom. The van der Waals surface area contributed by atoms with Crippen molar-refractivity contribution < 1.29 is 14.3 Å². The van der Waals surface area contributed by atoms with Gasteiger partial charge in [-0.1, -0.05) is 17.7 Å². The molecule has 0 radical (unpaired) electrons. The van der Waals surface area contributed by atoms with Gasteiger partial charge in [0.05, 0.1) is 25.4 Å². The molecule has 1 aromatic carbocycles. The van der Waals surface area contributed by atoms with Gasteiger partial charge in [-0.25, -0.2) is 4.98 Å². The van der Waals surface area contributed by atoms with Crippen molar-refractivity contribution in [3.8, 4) is 11.5 Å². The molecule has 1 N–H and O–H groups in total. The summed E-state index contributed by atoms with van der Waals surface area (Å²) in [6, 6.07) is 9.79. The molecule has 0 bridgehead atoms. The summed E-state index contributed by atoms with van der Waals surface area (Å²) in [6.45, 7) is 2.54. The summed E-state index contributed by atoms with van der Waals surface area (Å²) >= 11 is 6.03. The number of likely N-dealkylation sites (tertiary alicyclic amines) is 1. The summed E-state index contributed by atoms with van der Waals surface area (Å²) in [5.41, 5.74) is 1.69. The number of amides is 1. The van der Waals surface area contributed by atoms with Gasteiger partial charge in [0.1, 0.15) is 0 Å². The van der Waals surface area contributed by atoms with E-state index in [1.54, 1.807) is 18.3 Å². The lowest BCUT2D eigenvalue weighted by Gasteiger charge is -2.25. The zero-order valence-electron chi connectivity index (χ0n) is 15.0. The highest BCUT2D eigenvalue weighted by Crippen LogP contribution is 2.37. The van der Waals surface area contributed by atoms with E-state index in [9.17, 15) is 4.79 Å². The molecule has 1 atom stereocenters. The first-order valence-electron chi connectivity index (χ1n) is 9.25. The van der Waals surface area contributed by atoms with Crippen molar-refractivity contribution in [2.45, 2.75) is 25.3 Å². The van der Waals surface area contributed by atoms with Crippen LogP contribution in [0.1, 0.15) is 30.9 Å². The van der Waals surface area contributed by atoms with Crippen molar-refractivity contribution in [1.29, 1.82) is 0 Å². The van der Waals surface area contributed by atoms with Crippen LogP contribution in [0.25, 0.3) is 0 Å². The maximum atomic E-state index is 12.5. The Balaban J connectivity index is 1.45. The molecule has 3 heterocycles. The standard InChI is InChI=1S/C20H22ClN3O3/c21-20-15(4-1-8-22-20)23-19(25)13-24-9-2-5-16(24)14-6-7-17-18(12-14)27-11-3-10-26-17/h1,4,6-8,12,16H,2-3,5,9-11,13H2,(H,23,25)/t16-/m0/s1. The fourth-order valence-corrected chi connectivity index (χ4v) is 3.80. The van der Waals surface area contributed by atoms with E-state index < -0.39 is 0 Å². The molecule has 0 saturated carbocycles. The van der Waals surface area contributed by atoms with E-state index in [0.29, 0.717) is 30.6 Å². The minimum Gasteiger partial charge on any atom is -0.490 e. The van der Waals surface area contributed by atoms with Gasteiger partial charge in [-0.15, -0.1) is 0 Å². The number of nitrogens with one attached hydrogen (secondary N) is 1. The Kier molecular flexibility index (Phi) is 5.45. The first kappa shape index (κ1) is 18.1. The second-order valence-corrected chi connectivity index (χ2v) is 7.13. The molecular weight excluding hydrogens is 366 g/mol. The van der Waals surface area contributed by atoms with Crippen LogP contribution in [0, 0.1) is 0 Å². The number of benzene rings is 1. The molecule has 0 aliphatic carbocycles. The molecule has 1 fully saturated rings. The minimum absolute atomic E-state index is 0.0915. The molecule has 0 unspecified atom stereocenters. The zero-order valence-corrected chi connectivity index (χ0v) is 15.7. The fraction of sp³-hybridized carbons (Fsp3) is 0.400. The summed E-state index contributed by atoms with van der Waals surface area (Å²) in [6.07, 6.45) is 4.55. The highest BCUT2D eigenvalue weighted by molar-refractivity contribution is 6.32. The normalized spacial score (nSPS) is 19.5. The Labute approximate surface area is 163 Å². The van der Waals surface area contributed by atoms with Crippen LogP contribution in [-0.2, 0) is 4.79 Å². The van der Waals surface area contributed by atoms with E-state index in [1.807, 2.05) is 6.07 Å². The summed E-state index contributed by atoms with van der Waals surface area (Å²) < 4.78 is 11.5. The molecule has 0 spiro atoms. The van der Waals surface area contributed by atoms with Crippen LogP contribution in [-0.4, -0.2) is 42.1 Å². The quantitative estimate of drug-likeness (QED) is 0.811. The van der Waals surface area contributed by atoms with Gasteiger partial charge < -0.3 is 14.8 Å². The Bertz CT molecular complexity index is 830. The molecule has 1 aromatic heterocycles. The summed E-state index contributed by atoms with van der Waals surface area (Å²) in [7, 11) is 0.